The van der Waals surface area contributed by atoms with Gasteiger partial charge in [0.2, 0.25) is 0 Å². The van der Waals surface area contributed by atoms with Gasteiger partial charge in [0.25, 0.3) is 0 Å². The lowest BCUT2D eigenvalue weighted by Gasteiger charge is -2.09. The summed E-state index contributed by atoms with van der Waals surface area (Å²) < 4.78 is 27.4. The number of hydrogen-bond donors (Lipinski definition) is 1. The van der Waals surface area contributed by atoms with E-state index in [0.717, 1.165) is 6.07 Å². The van der Waals surface area contributed by atoms with Gasteiger partial charge in [-0.3, -0.25) is 0 Å². The van der Waals surface area contributed by atoms with Crippen LogP contribution in [0.1, 0.15) is 10.4 Å². The fraction of sp³-hybridized carbons (Fsp3) is 0. The third-order valence-electron chi connectivity index (χ3n) is 3.27. The second kappa shape index (κ2) is 5.76. The summed E-state index contributed by atoms with van der Waals surface area (Å²) in [6.07, 6.45) is 0. The van der Waals surface area contributed by atoms with Gasteiger partial charge in [0, 0.05) is 22.0 Å². The SMILES string of the molecule is O=C(O)c1cc(-c2ccc(Cl)cc2Cl)nc2c(F)cc(F)cc12. The predicted molar refractivity (Wildman–Crippen MR) is 84.1 cm³/mol. The lowest BCUT2D eigenvalue weighted by atomic mass is 10.0. The summed E-state index contributed by atoms with van der Waals surface area (Å²) in [7, 11) is 0. The van der Waals surface area contributed by atoms with Crippen LogP contribution in [0.3, 0.4) is 0 Å². The summed E-state index contributed by atoms with van der Waals surface area (Å²) in [5, 5.41) is 9.83. The number of halogens is 4. The molecule has 0 saturated heterocycles. The van der Waals surface area contributed by atoms with Crippen LogP contribution in [0.2, 0.25) is 10.0 Å². The van der Waals surface area contributed by atoms with Gasteiger partial charge in [-0.25, -0.2) is 18.6 Å². The maximum Gasteiger partial charge on any atom is 0.336 e. The Labute approximate surface area is 139 Å². The molecule has 1 N–H and O–H groups in total. The van der Waals surface area contributed by atoms with Crippen LogP contribution in [-0.2, 0) is 0 Å². The molecule has 1 aromatic heterocycles. The number of benzene rings is 2. The molecule has 3 rings (SSSR count). The minimum atomic E-state index is -1.33. The van der Waals surface area contributed by atoms with Crippen molar-refractivity contribution in [1.82, 2.24) is 4.98 Å². The molecule has 7 heteroatoms. The van der Waals surface area contributed by atoms with E-state index in [1.54, 1.807) is 12.1 Å². The van der Waals surface area contributed by atoms with Crippen molar-refractivity contribution in [3.05, 3.63) is 63.6 Å². The van der Waals surface area contributed by atoms with Gasteiger partial charge in [0.1, 0.15) is 11.3 Å². The van der Waals surface area contributed by atoms with Gasteiger partial charge in [-0.05, 0) is 30.3 Å². The minimum Gasteiger partial charge on any atom is -0.478 e. The van der Waals surface area contributed by atoms with Crippen molar-refractivity contribution in [3.8, 4) is 11.3 Å². The van der Waals surface area contributed by atoms with E-state index in [1.807, 2.05) is 0 Å². The lowest BCUT2D eigenvalue weighted by Crippen LogP contribution is -2.02. The molecule has 3 nitrogen and oxygen atoms in total. The summed E-state index contributed by atoms with van der Waals surface area (Å²) in [4.78, 5) is 15.5. The van der Waals surface area contributed by atoms with Gasteiger partial charge in [-0.15, -0.1) is 0 Å². The zero-order valence-corrected chi connectivity index (χ0v) is 12.8. The van der Waals surface area contributed by atoms with Crippen molar-refractivity contribution < 1.29 is 18.7 Å². The van der Waals surface area contributed by atoms with Crippen LogP contribution in [0.25, 0.3) is 22.2 Å². The quantitative estimate of drug-likeness (QED) is 0.690. The smallest absolute Gasteiger partial charge is 0.336 e. The zero-order chi connectivity index (χ0) is 16.7. The van der Waals surface area contributed by atoms with Crippen molar-refractivity contribution in [2.75, 3.05) is 0 Å². The lowest BCUT2D eigenvalue weighted by molar-refractivity contribution is 0.0699. The summed E-state index contributed by atoms with van der Waals surface area (Å²) in [5.74, 6) is -3.15. The van der Waals surface area contributed by atoms with Crippen LogP contribution < -0.4 is 0 Å². The first-order chi connectivity index (χ1) is 10.9. The molecule has 0 fully saturated rings. The van der Waals surface area contributed by atoms with Crippen LogP contribution in [0.5, 0.6) is 0 Å². The highest BCUT2D eigenvalue weighted by Crippen LogP contribution is 2.32. The molecule has 0 radical (unpaired) electrons. The molecule has 0 amide bonds. The van der Waals surface area contributed by atoms with E-state index >= 15 is 0 Å². The summed E-state index contributed by atoms with van der Waals surface area (Å²) in [6, 6.07) is 7.36. The highest BCUT2D eigenvalue weighted by Gasteiger charge is 2.18. The Morgan fingerprint density at radius 1 is 1.09 bits per heavy atom. The molecule has 0 spiro atoms. The van der Waals surface area contributed by atoms with Gasteiger partial charge < -0.3 is 5.11 Å². The van der Waals surface area contributed by atoms with Gasteiger partial charge in [0.15, 0.2) is 5.82 Å². The Kier molecular flexibility index (Phi) is 3.92. The molecule has 0 aliphatic heterocycles. The van der Waals surface area contributed by atoms with E-state index in [-0.39, 0.29) is 27.2 Å². The van der Waals surface area contributed by atoms with Crippen molar-refractivity contribution in [3.63, 3.8) is 0 Å². The summed E-state index contributed by atoms with van der Waals surface area (Å²) in [5.41, 5.74) is 0.0352. The van der Waals surface area contributed by atoms with Gasteiger partial charge >= 0.3 is 5.97 Å². The number of rotatable bonds is 2. The second-order valence-electron chi connectivity index (χ2n) is 4.77. The Bertz CT molecular complexity index is 960. The first-order valence-corrected chi connectivity index (χ1v) is 7.11. The van der Waals surface area contributed by atoms with E-state index in [4.69, 9.17) is 23.2 Å². The Balaban J connectivity index is 2.37. The Morgan fingerprint density at radius 2 is 1.83 bits per heavy atom. The normalized spacial score (nSPS) is 11.0. The minimum absolute atomic E-state index is 0.121. The van der Waals surface area contributed by atoms with E-state index in [0.29, 0.717) is 16.7 Å². The third-order valence-corrected chi connectivity index (χ3v) is 3.82. The average Bonchev–Trinajstić information content (AvgIpc) is 2.46. The Hall–Kier alpha value is -2.24. The number of pyridine rings is 1. The third kappa shape index (κ3) is 2.85. The molecule has 1 heterocycles. The first kappa shape index (κ1) is 15.6. The molecule has 0 bridgehead atoms. The van der Waals surface area contributed by atoms with Gasteiger partial charge in [0.05, 0.1) is 16.3 Å². The summed E-state index contributed by atoms with van der Waals surface area (Å²) >= 11 is 11.9. The number of carboxylic acids is 1. The van der Waals surface area contributed by atoms with Crippen molar-refractivity contribution in [1.29, 1.82) is 0 Å². The zero-order valence-electron chi connectivity index (χ0n) is 11.3. The number of fused-ring (bicyclic) bond motifs is 1. The van der Waals surface area contributed by atoms with Crippen LogP contribution in [-0.4, -0.2) is 16.1 Å². The fourth-order valence-corrected chi connectivity index (χ4v) is 2.77. The maximum absolute atomic E-state index is 14.0. The van der Waals surface area contributed by atoms with Gasteiger partial charge in [-0.1, -0.05) is 23.2 Å². The van der Waals surface area contributed by atoms with Crippen molar-refractivity contribution in [2.45, 2.75) is 0 Å². The van der Waals surface area contributed by atoms with Crippen LogP contribution >= 0.6 is 23.2 Å². The van der Waals surface area contributed by atoms with E-state index in [2.05, 4.69) is 4.98 Å². The molecule has 0 aliphatic carbocycles. The summed E-state index contributed by atoms with van der Waals surface area (Å²) in [6.45, 7) is 0. The fourth-order valence-electron chi connectivity index (χ4n) is 2.26. The molecule has 0 atom stereocenters. The topological polar surface area (TPSA) is 50.2 Å². The Morgan fingerprint density at radius 3 is 2.48 bits per heavy atom. The number of aromatic carboxylic acids is 1. The monoisotopic (exact) mass is 353 g/mol. The van der Waals surface area contributed by atoms with E-state index < -0.39 is 17.6 Å². The van der Waals surface area contributed by atoms with Crippen LogP contribution in [0.15, 0.2) is 36.4 Å². The standard InChI is InChI=1S/C16H7Cl2F2NO2/c17-7-1-2-9(12(18)3-7)14-6-11(16(22)23)10-4-8(19)5-13(20)15(10)21-14/h1-6H,(H,22,23). The second-order valence-corrected chi connectivity index (χ2v) is 5.61. The van der Waals surface area contributed by atoms with E-state index in [1.165, 1.54) is 12.1 Å². The van der Waals surface area contributed by atoms with Crippen LogP contribution in [0.4, 0.5) is 8.78 Å². The largest absolute Gasteiger partial charge is 0.478 e. The molecule has 0 unspecified atom stereocenters. The highest BCUT2D eigenvalue weighted by molar-refractivity contribution is 6.36. The molecule has 0 aliphatic rings. The number of nitrogens with zero attached hydrogens (tertiary/aromatic N) is 1. The maximum atomic E-state index is 14.0. The molecular weight excluding hydrogens is 347 g/mol. The number of aromatic nitrogens is 1. The molecule has 116 valence electrons. The van der Waals surface area contributed by atoms with Crippen molar-refractivity contribution >= 4 is 40.1 Å². The molecular formula is C16H7Cl2F2NO2. The highest BCUT2D eigenvalue weighted by atomic mass is 35.5. The molecule has 0 saturated carbocycles. The number of carboxylic acid groups (broad SMARTS) is 1. The number of carbonyl (C=O) groups is 1. The van der Waals surface area contributed by atoms with E-state index in [9.17, 15) is 18.7 Å². The predicted octanol–water partition coefficient (Wildman–Crippen LogP) is 5.19. The average molecular weight is 354 g/mol. The molecule has 2 aromatic carbocycles. The van der Waals surface area contributed by atoms with Crippen molar-refractivity contribution in [2.24, 2.45) is 0 Å². The molecule has 3 aromatic rings. The number of hydrogen-bond acceptors (Lipinski definition) is 2. The molecule has 23 heavy (non-hydrogen) atoms. The van der Waals surface area contributed by atoms with Crippen LogP contribution in [0, 0.1) is 11.6 Å². The van der Waals surface area contributed by atoms with Gasteiger partial charge in [-0.2, -0.15) is 0 Å². The first-order valence-electron chi connectivity index (χ1n) is 6.35.